The van der Waals surface area contributed by atoms with Crippen molar-refractivity contribution in [2.24, 2.45) is 5.10 Å². The Morgan fingerprint density at radius 1 is 1.19 bits per heavy atom. The van der Waals surface area contributed by atoms with Gasteiger partial charge in [0.1, 0.15) is 11.6 Å². The summed E-state index contributed by atoms with van der Waals surface area (Å²) in [6.45, 7) is 3.16. The number of rotatable bonds is 5. The topological polar surface area (TPSA) is 93.8 Å². The van der Waals surface area contributed by atoms with Gasteiger partial charge in [-0.1, -0.05) is 46.3 Å². The van der Waals surface area contributed by atoms with E-state index in [4.69, 9.17) is 4.74 Å². The molecule has 0 saturated heterocycles. The molecule has 0 aliphatic heterocycles. The van der Waals surface area contributed by atoms with Gasteiger partial charge in [-0.3, -0.25) is 4.79 Å². The third-order valence-corrected chi connectivity index (χ3v) is 5.35. The maximum atomic E-state index is 13.0. The number of hydrogen-bond acceptors (Lipinski definition) is 5. The number of fused-ring (bicyclic) bond motifs is 2. The summed E-state index contributed by atoms with van der Waals surface area (Å²) in [5.41, 5.74) is 0.857. The van der Waals surface area contributed by atoms with Crippen molar-refractivity contribution in [1.82, 2.24) is 9.66 Å². The number of carboxylic acids is 1. The molecule has 0 unspecified atom stereocenters. The lowest BCUT2D eigenvalue weighted by atomic mass is 10.0. The molecule has 7 nitrogen and oxygen atoms in total. The number of carbonyl (C=O) groups is 1. The first-order chi connectivity index (χ1) is 14.8. The Kier molecular flexibility index (Phi) is 5.56. The Morgan fingerprint density at radius 3 is 2.74 bits per heavy atom. The molecule has 0 spiro atoms. The standard InChI is InChI=1S/C23H18BrN3O4/c1-13(23(29)30)31-21-10-7-15-5-3-4-6-17(15)19(21)12-25-27-14(2)26-20-9-8-16(24)11-18(20)22(27)28/h3-13H,1-2H3,(H,29,30)/t13-/m1/s1. The first-order valence-corrected chi connectivity index (χ1v) is 10.3. The van der Waals surface area contributed by atoms with E-state index in [2.05, 4.69) is 26.0 Å². The molecule has 3 aromatic carbocycles. The molecule has 4 aromatic rings. The van der Waals surface area contributed by atoms with Crippen LogP contribution in [0.15, 0.2) is 69.0 Å². The zero-order valence-corrected chi connectivity index (χ0v) is 18.3. The SMILES string of the molecule is Cc1nc2ccc(Br)cc2c(=O)n1N=Cc1c(O[C@H](C)C(=O)O)ccc2ccccc12. The Morgan fingerprint density at radius 2 is 1.97 bits per heavy atom. The second-order valence-electron chi connectivity index (χ2n) is 6.98. The predicted octanol–water partition coefficient (Wildman–Crippen LogP) is 4.35. The van der Waals surface area contributed by atoms with Crippen molar-refractivity contribution in [1.29, 1.82) is 0 Å². The van der Waals surface area contributed by atoms with Crippen LogP contribution < -0.4 is 10.3 Å². The Balaban J connectivity index is 1.88. The summed E-state index contributed by atoms with van der Waals surface area (Å²) in [7, 11) is 0. The molecule has 1 aromatic heterocycles. The lowest BCUT2D eigenvalue weighted by molar-refractivity contribution is -0.144. The summed E-state index contributed by atoms with van der Waals surface area (Å²) in [6, 6.07) is 16.5. The maximum Gasteiger partial charge on any atom is 0.344 e. The van der Waals surface area contributed by atoms with Crippen LogP contribution in [0, 0.1) is 6.92 Å². The van der Waals surface area contributed by atoms with Gasteiger partial charge in [0.05, 0.1) is 17.1 Å². The molecule has 0 aliphatic carbocycles. The molecule has 0 radical (unpaired) electrons. The fourth-order valence-corrected chi connectivity index (χ4v) is 3.62. The maximum absolute atomic E-state index is 13.0. The van der Waals surface area contributed by atoms with Crippen LogP contribution in [0.2, 0.25) is 0 Å². The van der Waals surface area contributed by atoms with Gasteiger partial charge >= 0.3 is 5.97 Å². The van der Waals surface area contributed by atoms with E-state index < -0.39 is 12.1 Å². The molecule has 31 heavy (non-hydrogen) atoms. The molecule has 1 atom stereocenters. The highest BCUT2D eigenvalue weighted by atomic mass is 79.9. The van der Waals surface area contributed by atoms with E-state index in [0.29, 0.717) is 28.0 Å². The minimum atomic E-state index is -1.08. The zero-order valence-electron chi connectivity index (χ0n) is 16.7. The van der Waals surface area contributed by atoms with E-state index in [0.717, 1.165) is 15.2 Å². The lowest BCUT2D eigenvalue weighted by Gasteiger charge is -2.14. The van der Waals surface area contributed by atoms with E-state index in [1.807, 2.05) is 36.4 Å². The molecule has 0 fully saturated rings. The number of aromatic nitrogens is 2. The van der Waals surface area contributed by atoms with Crippen LogP contribution in [-0.4, -0.2) is 33.1 Å². The molecule has 8 heteroatoms. The molecule has 0 amide bonds. The molecule has 0 aliphatic rings. The number of ether oxygens (including phenoxy) is 1. The van der Waals surface area contributed by atoms with Gasteiger partial charge in [-0.25, -0.2) is 9.78 Å². The van der Waals surface area contributed by atoms with Crippen molar-refractivity contribution < 1.29 is 14.6 Å². The van der Waals surface area contributed by atoms with Gasteiger partial charge in [0.25, 0.3) is 5.56 Å². The normalized spacial score (nSPS) is 12.5. The number of aryl methyl sites for hydroxylation is 1. The largest absolute Gasteiger partial charge is 0.479 e. The summed E-state index contributed by atoms with van der Waals surface area (Å²) in [5.74, 6) is -0.287. The third kappa shape index (κ3) is 4.06. The van der Waals surface area contributed by atoms with E-state index >= 15 is 0 Å². The zero-order chi connectivity index (χ0) is 22.1. The average molecular weight is 480 g/mol. The fourth-order valence-electron chi connectivity index (χ4n) is 3.26. The summed E-state index contributed by atoms with van der Waals surface area (Å²) in [6.07, 6.45) is 0.462. The van der Waals surface area contributed by atoms with Gasteiger partial charge in [-0.05, 0) is 48.9 Å². The number of aliphatic carboxylic acids is 1. The molecule has 156 valence electrons. The first kappa shape index (κ1) is 20.7. The second-order valence-corrected chi connectivity index (χ2v) is 7.89. The van der Waals surface area contributed by atoms with Gasteiger partial charge in [0.15, 0.2) is 6.10 Å². The van der Waals surface area contributed by atoms with Crippen LogP contribution >= 0.6 is 15.9 Å². The number of benzene rings is 3. The van der Waals surface area contributed by atoms with Crippen molar-refractivity contribution >= 4 is 49.8 Å². The van der Waals surface area contributed by atoms with Gasteiger partial charge in [0.2, 0.25) is 0 Å². The number of nitrogens with zero attached hydrogens (tertiary/aromatic N) is 3. The van der Waals surface area contributed by atoms with Gasteiger partial charge < -0.3 is 9.84 Å². The van der Waals surface area contributed by atoms with Crippen molar-refractivity contribution in [2.45, 2.75) is 20.0 Å². The number of carboxylic acid groups (broad SMARTS) is 1. The molecule has 1 heterocycles. The van der Waals surface area contributed by atoms with Gasteiger partial charge in [-0.15, -0.1) is 0 Å². The van der Waals surface area contributed by atoms with Crippen molar-refractivity contribution in [3.63, 3.8) is 0 Å². The number of halogens is 1. The summed E-state index contributed by atoms with van der Waals surface area (Å²) >= 11 is 3.38. The fraction of sp³-hybridized carbons (Fsp3) is 0.130. The lowest BCUT2D eigenvalue weighted by Crippen LogP contribution is -2.23. The third-order valence-electron chi connectivity index (χ3n) is 4.85. The van der Waals surface area contributed by atoms with E-state index in [1.54, 1.807) is 25.1 Å². The Labute approximate surface area is 185 Å². The van der Waals surface area contributed by atoms with Gasteiger partial charge in [-0.2, -0.15) is 9.78 Å². The molecule has 0 bridgehead atoms. The van der Waals surface area contributed by atoms with Crippen molar-refractivity contribution in [2.75, 3.05) is 0 Å². The molecular formula is C23H18BrN3O4. The smallest absolute Gasteiger partial charge is 0.344 e. The first-order valence-electron chi connectivity index (χ1n) is 9.49. The highest BCUT2D eigenvalue weighted by Crippen LogP contribution is 2.27. The molecule has 1 N–H and O–H groups in total. The van der Waals surface area contributed by atoms with Crippen LogP contribution in [0.4, 0.5) is 0 Å². The Hall–Kier alpha value is -3.52. The monoisotopic (exact) mass is 479 g/mol. The van der Waals surface area contributed by atoms with E-state index in [9.17, 15) is 14.7 Å². The minimum absolute atomic E-state index is 0.304. The van der Waals surface area contributed by atoms with E-state index in [-0.39, 0.29) is 5.56 Å². The minimum Gasteiger partial charge on any atom is -0.479 e. The highest BCUT2D eigenvalue weighted by Gasteiger charge is 2.16. The van der Waals surface area contributed by atoms with Crippen LogP contribution in [0.1, 0.15) is 18.3 Å². The summed E-state index contributed by atoms with van der Waals surface area (Å²) in [4.78, 5) is 28.8. The summed E-state index contributed by atoms with van der Waals surface area (Å²) < 4.78 is 7.64. The van der Waals surface area contributed by atoms with Gasteiger partial charge in [0, 0.05) is 10.0 Å². The quantitative estimate of drug-likeness (QED) is 0.429. The van der Waals surface area contributed by atoms with Crippen LogP contribution in [0.5, 0.6) is 5.75 Å². The predicted molar refractivity (Wildman–Crippen MR) is 123 cm³/mol. The van der Waals surface area contributed by atoms with E-state index in [1.165, 1.54) is 17.8 Å². The van der Waals surface area contributed by atoms with Crippen molar-refractivity contribution in [3.8, 4) is 5.75 Å². The Bertz CT molecular complexity index is 1410. The second kappa shape index (κ2) is 8.31. The van der Waals surface area contributed by atoms with Crippen LogP contribution in [0.3, 0.4) is 0 Å². The molecule has 0 saturated carbocycles. The van der Waals surface area contributed by atoms with Crippen molar-refractivity contribution in [3.05, 3.63) is 80.8 Å². The number of hydrogen-bond donors (Lipinski definition) is 1. The van der Waals surface area contributed by atoms with Crippen LogP contribution in [0.25, 0.3) is 21.7 Å². The highest BCUT2D eigenvalue weighted by molar-refractivity contribution is 9.10. The average Bonchev–Trinajstić information content (AvgIpc) is 2.75. The van der Waals surface area contributed by atoms with Crippen LogP contribution in [-0.2, 0) is 4.79 Å². The summed E-state index contributed by atoms with van der Waals surface area (Å²) in [5, 5.41) is 15.8. The molecule has 4 rings (SSSR count). The molecular weight excluding hydrogens is 462 g/mol.